The first-order chi connectivity index (χ1) is 9.69. The summed E-state index contributed by atoms with van der Waals surface area (Å²) >= 11 is 0. The summed E-state index contributed by atoms with van der Waals surface area (Å²) in [5, 5.41) is 5.60. The Bertz CT molecular complexity index is 449. The van der Waals surface area contributed by atoms with Crippen LogP contribution in [-0.4, -0.2) is 42.4 Å². The average Bonchev–Trinajstić information content (AvgIpc) is 2.48. The Kier molecular flexibility index (Phi) is 5.11. The van der Waals surface area contributed by atoms with Gasteiger partial charge < -0.3 is 14.8 Å². The van der Waals surface area contributed by atoms with Crippen LogP contribution in [0.5, 0.6) is 6.01 Å². The largest absolute Gasteiger partial charge is 0.467 e. The highest BCUT2D eigenvalue weighted by Crippen LogP contribution is 2.18. The smallest absolute Gasteiger partial charge is 0.320 e. The van der Waals surface area contributed by atoms with E-state index < -0.39 is 0 Å². The maximum Gasteiger partial charge on any atom is 0.320 e. The number of methoxy groups -OCH3 is 1. The van der Waals surface area contributed by atoms with E-state index in [2.05, 4.69) is 20.6 Å². The van der Waals surface area contributed by atoms with Gasteiger partial charge in [-0.05, 0) is 31.7 Å². The number of amides is 2. The van der Waals surface area contributed by atoms with Crippen LogP contribution in [0.15, 0.2) is 12.3 Å². The van der Waals surface area contributed by atoms with Crippen molar-refractivity contribution in [3.63, 3.8) is 0 Å². The summed E-state index contributed by atoms with van der Waals surface area (Å²) < 4.78 is 10.2. The number of ether oxygens (including phenoxy) is 2. The number of carbonyl (C=O) groups is 1. The molecule has 7 heteroatoms. The molecule has 0 saturated carbocycles. The number of nitrogens with one attached hydrogen (secondary N) is 2. The normalized spacial score (nSPS) is 17.3. The fourth-order valence-corrected chi connectivity index (χ4v) is 2.20. The van der Waals surface area contributed by atoms with E-state index in [9.17, 15) is 4.79 Å². The first-order valence-electron chi connectivity index (χ1n) is 6.71. The maximum absolute atomic E-state index is 11.9. The second-order valence-electron chi connectivity index (χ2n) is 4.77. The molecule has 20 heavy (non-hydrogen) atoms. The highest BCUT2D eigenvalue weighted by atomic mass is 16.5. The van der Waals surface area contributed by atoms with Crippen LogP contribution in [0.2, 0.25) is 0 Å². The summed E-state index contributed by atoms with van der Waals surface area (Å²) in [6.45, 7) is 3.54. The van der Waals surface area contributed by atoms with Gasteiger partial charge in [0.25, 0.3) is 0 Å². The summed E-state index contributed by atoms with van der Waals surface area (Å²) in [6, 6.07) is 1.66. The van der Waals surface area contributed by atoms with Gasteiger partial charge in [0.2, 0.25) is 0 Å². The van der Waals surface area contributed by atoms with Crippen molar-refractivity contribution in [2.75, 3.05) is 25.6 Å². The third-order valence-electron chi connectivity index (χ3n) is 3.39. The summed E-state index contributed by atoms with van der Waals surface area (Å²) in [5.74, 6) is 0.864. The Morgan fingerprint density at radius 1 is 1.50 bits per heavy atom. The number of carbonyl (C=O) groups excluding carboxylic acids is 1. The first-order valence-corrected chi connectivity index (χ1v) is 6.71. The summed E-state index contributed by atoms with van der Waals surface area (Å²) in [6.07, 6.45) is 3.48. The molecule has 2 rings (SSSR count). The lowest BCUT2D eigenvalue weighted by Crippen LogP contribution is -2.42. The highest BCUT2D eigenvalue weighted by Gasteiger charge is 2.21. The monoisotopic (exact) mass is 280 g/mol. The van der Waals surface area contributed by atoms with Gasteiger partial charge in [-0.3, -0.25) is 5.32 Å². The van der Waals surface area contributed by atoms with Crippen molar-refractivity contribution in [3.8, 4) is 6.01 Å². The predicted octanol–water partition coefficient (Wildman–Crippen LogP) is 1.42. The van der Waals surface area contributed by atoms with Crippen molar-refractivity contribution in [2.24, 2.45) is 5.92 Å². The zero-order valence-corrected chi connectivity index (χ0v) is 11.8. The third-order valence-corrected chi connectivity index (χ3v) is 3.39. The standard InChI is InChI=1S/C13H20N4O3/c1-9(10-4-7-20-8-5-10)15-12(18)16-11-3-6-14-13(17-11)19-2/h3,6,9-10H,4-5,7-8H2,1-2H3,(H2,14,15,16,17,18). The molecule has 2 N–H and O–H groups in total. The maximum atomic E-state index is 11.9. The predicted molar refractivity (Wildman–Crippen MR) is 73.7 cm³/mol. The van der Waals surface area contributed by atoms with Crippen LogP contribution < -0.4 is 15.4 Å². The van der Waals surface area contributed by atoms with Crippen molar-refractivity contribution in [3.05, 3.63) is 12.3 Å². The number of urea groups is 1. The van der Waals surface area contributed by atoms with Crippen molar-refractivity contribution >= 4 is 11.8 Å². The molecule has 1 saturated heterocycles. The Morgan fingerprint density at radius 2 is 2.25 bits per heavy atom. The molecule has 1 aromatic rings. The zero-order chi connectivity index (χ0) is 14.4. The fraction of sp³-hybridized carbons (Fsp3) is 0.615. The fourth-order valence-electron chi connectivity index (χ4n) is 2.20. The topological polar surface area (TPSA) is 85.4 Å². The molecule has 0 radical (unpaired) electrons. The minimum absolute atomic E-state index is 0.0997. The van der Waals surface area contributed by atoms with Crippen LogP contribution >= 0.6 is 0 Å². The van der Waals surface area contributed by atoms with E-state index in [4.69, 9.17) is 9.47 Å². The Labute approximate surface area is 118 Å². The quantitative estimate of drug-likeness (QED) is 0.871. The van der Waals surface area contributed by atoms with Gasteiger partial charge in [-0.1, -0.05) is 0 Å². The molecule has 1 fully saturated rings. The number of anilines is 1. The molecule has 1 unspecified atom stereocenters. The molecule has 0 aromatic carbocycles. The number of hydrogen-bond donors (Lipinski definition) is 2. The molecular weight excluding hydrogens is 260 g/mol. The lowest BCUT2D eigenvalue weighted by Gasteiger charge is -2.28. The van der Waals surface area contributed by atoms with E-state index in [1.807, 2.05) is 6.92 Å². The Hall–Kier alpha value is -1.89. The molecule has 2 heterocycles. The minimum atomic E-state index is -0.273. The summed E-state index contributed by atoms with van der Waals surface area (Å²) in [7, 11) is 1.48. The minimum Gasteiger partial charge on any atom is -0.467 e. The van der Waals surface area contributed by atoms with E-state index in [1.165, 1.54) is 13.3 Å². The van der Waals surface area contributed by atoms with Crippen molar-refractivity contribution in [2.45, 2.75) is 25.8 Å². The van der Waals surface area contributed by atoms with Crippen LogP contribution in [0.1, 0.15) is 19.8 Å². The number of aromatic nitrogens is 2. The lowest BCUT2D eigenvalue weighted by molar-refractivity contribution is 0.0573. The van der Waals surface area contributed by atoms with Crippen LogP contribution in [0.3, 0.4) is 0 Å². The zero-order valence-electron chi connectivity index (χ0n) is 11.8. The van der Waals surface area contributed by atoms with Gasteiger partial charge in [-0.15, -0.1) is 0 Å². The molecular formula is C13H20N4O3. The molecule has 1 aliphatic heterocycles. The molecule has 0 aliphatic carbocycles. The van der Waals surface area contributed by atoms with Crippen molar-refractivity contribution < 1.29 is 14.3 Å². The highest BCUT2D eigenvalue weighted by molar-refractivity contribution is 5.88. The first kappa shape index (κ1) is 14.5. The molecule has 0 bridgehead atoms. The van der Waals surface area contributed by atoms with E-state index in [0.29, 0.717) is 11.7 Å². The van der Waals surface area contributed by atoms with Gasteiger partial charge in [0.1, 0.15) is 5.82 Å². The van der Waals surface area contributed by atoms with Crippen LogP contribution in [0.25, 0.3) is 0 Å². The number of nitrogens with zero attached hydrogens (tertiary/aromatic N) is 2. The molecule has 110 valence electrons. The second kappa shape index (κ2) is 7.04. The molecule has 1 aliphatic rings. The van der Waals surface area contributed by atoms with Crippen LogP contribution in [-0.2, 0) is 4.74 Å². The van der Waals surface area contributed by atoms with Gasteiger partial charge in [0, 0.05) is 25.5 Å². The van der Waals surface area contributed by atoms with Gasteiger partial charge in [0.15, 0.2) is 0 Å². The van der Waals surface area contributed by atoms with Gasteiger partial charge in [-0.25, -0.2) is 9.78 Å². The molecule has 1 atom stereocenters. The van der Waals surface area contributed by atoms with Gasteiger partial charge in [0.05, 0.1) is 7.11 Å². The Balaban J connectivity index is 1.84. The van der Waals surface area contributed by atoms with E-state index in [0.717, 1.165) is 26.1 Å². The Morgan fingerprint density at radius 3 is 2.95 bits per heavy atom. The molecule has 2 amide bonds. The third kappa shape index (κ3) is 4.06. The van der Waals surface area contributed by atoms with Gasteiger partial charge >= 0.3 is 12.0 Å². The van der Waals surface area contributed by atoms with Crippen molar-refractivity contribution in [1.29, 1.82) is 0 Å². The molecule has 7 nitrogen and oxygen atoms in total. The average molecular weight is 280 g/mol. The van der Waals surface area contributed by atoms with Crippen LogP contribution in [0.4, 0.5) is 10.6 Å². The van der Waals surface area contributed by atoms with Gasteiger partial charge in [-0.2, -0.15) is 4.98 Å². The van der Waals surface area contributed by atoms with Crippen molar-refractivity contribution in [1.82, 2.24) is 15.3 Å². The van der Waals surface area contributed by atoms with E-state index in [-0.39, 0.29) is 18.1 Å². The lowest BCUT2D eigenvalue weighted by atomic mass is 9.93. The van der Waals surface area contributed by atoms with E-state index in [1.54, 1.807) is 6.07 Å². The van der Waals surface area contributed by atoms with Crippen LogP contribution in [0, 0.1) is 5.92 Å². The van der Waals surface area contributed by atoms with E-state index >= 15 is 0 Å². The summed E-state index contributed by atoms with van der Waals surface area (Å²) in [4.78, 5) is 19.8. The summed E-state index contributed by atoms with van der Waals surface area (Å²) in [5.41, 5.74) is 0. The molecule has 1 aromatic heterocycles. The molecule has 0 spiro atoms. The number of hydrogen-bond acceptors (Lipinski definition) is 5. The SMILES string of the molecule is COc1nccc(NC(=O)NC(C)C2CCOCC2)n1. The number of rotatable bonds is 4. The second-order valence-corrected chi connectivity index (χ2v) is 4.77.